The molecule has 5 nitrogen and oxygen atoms in total. The molecule has 2 N–H and O–H groups in total. The maximum atomic E-state index is 12.1. The smallest absolute Gasteiger partial charge is 0.338 e. The van der Waals surface area contributed by atoms with Gasteiger partial charge in [-0.05, 0) is 55.2 Å². The summed E-state index contributed by atoms with van der Waals surface area (Å²) < 4.78 is 5.20. The second kappa shape index (κ2) is 6.74. The van der Waals surface area contributed by atoms with Crippen molar-refractivity contribution in [3.63, 3.8) is 0 Å². The zero-order valence-electron chi connectivity index (χ0n) is 13.4. The molecule has 1 aliphatic carbocycles. The number of hydrogen-bond donors (Lipinski definition) is 2. The molecule has 0 bridgehead atoms. The van der Waals surface area contributed by atoms with Gasteiger partial charge in [-0.15, -0.1) is 0 Å². The second-order valence-electron chi connectivity index (χ2n) is 5.95. The number of carbonyl (C=O) groups is 2. The third kappa shape index (κ3) is 3.93. The van der Waals surface area contributed by atoms with E-state index in [2.05, 4.69) is 5.32 Å². The van der Waals surface area contributed by atoms with Crippen molar-refractivity contribution in [2.24, 2.45) is 0 Å². The summed E-state index contributed by atoms with van der Waals surface area (Å²) in [7, 11) is 0. The summed E-state index contributed by atoms with van der Waals surface area (Å²) in [4.78, 5) is 23.9. The van der Waals surface area contributed by atoms with Gasteiger partial charge in [0.2, 0.25) is 0 Å². The quantitative estimate of drug-likeness (QED) is 0.829. The maximum Gasteiger partial charge on any atom is 0.338 e. The van der Waals surface area contributed by atoms with Crippen molar-refractivity contribution >= 4 is 11.9 Å². The molecule has 0 saturated heterocycles. The average Bonchev–Trinajstić information content (AvgIpc) is 3.39. The molecule has 1 atom stereocenters. The number of rotatable bonds is 5. The summed E-state index contributed by atoms with van der Waals surface area (Å²) in [5, 5.41) is 12.1. The van der Waals surface area contributed by atoms with Gasteiger partial charge in [-0.2, -0.15) is 0 Å². The number of phenols is 1. The zero-order valence-corrected chi connectivity index (χ0v) is 13.4. The fourth-order valence-corrected chi connectivity index (χ4v) is 2.28. The Kier molecular flexibility index (Phi) is 4.51. The van der Waals surface area contributed by atoms with E-state index < -0.39 is 12.1 Å². The molecule has 5 heteroatoms. The van der Waals surface area contributed by atoms with E-state index in [1.807, 2.05) is 0 Å². The van der Waals surface area contributed by atoms with Crippen molar-refractivity contribution in [2.45, 2.75) is 31.9 Å². The van der Waals surface area contributed by atoms with Crippen LogP contribution in [-0.2, 0) is 9.53 Å². The van der Waals surface area contributed by atoms with E-state index in [9.17, 15) is 14.7 Å². The number of benzene rings is 2. The van der Waals surface area contributed by atoms with Crippen molar-refractivity contribution in [1.29, 1.82) is 0 Å². The third-order valence-electron chi connectivity index (χ3n) is 3.90. The number of phenolic OH excluding ortho intramolecular Hbond substituents is 1. The van der Waals surface area contributed by atoms with Crippen molar-refractivity contribution in [3.05, 3.63) is 54.1 Å². The minimum atomic E-state index is -0.810. The Morgan fingerprint density at radius 3 is 2.12 bits per heavy atom. The van der Waals surface area contributed by atoms with Crippen molar-refractivity contribution < 1.29 is 19.4 Å². The molecular weight excluding hydrogens is 306 g/mol. The van der Waals surface area contributed by atoms with Gasteiger partial charge in [-0.25, -0.2) is 4.79 Å². The van der Waals surface area contributed by atoms with Crippen LogP contribution in [0.4, 0.5) is 0 Å². The van der Waals surface area contributed by atoms with Gasteiger partial charge in [0.1, 0.15) is 5.75 Å². The number of amides is 1. The predicted octanol–water partition coefficient (Wildman–Crippen LogP) is 2.88. The number of aromatic hydroxyl groups is 1. The molecule has 0 heterocycles. The number of ether oxygens (including phenoxy) is 1. The summed E-state index contributed by atoms with van der Waals surface area (Å²) in [6, 6.07) is 14.0. The molecular formula is C19H19NO4. The summed E-state index contributed by atoms with van der Waals surface area (Å²) in [5.74, 6) is -0.574. The van der Waals surface area contributed by atoms with Crippen LogP contribution in [0.25, 0.3) is 11.1 Å². The fourth-order valence-electron chi connectivity index (χ4n) is 2.28. The summed E-state index contributed by atoms with van der Waals surface area (Å²) in [6.07, 6.45) is 1.17. The lowest BCUT2D eigenvalue weighted by Gasteiger charge is -2.13. The van der Waals surface area contributed by atoms with Gasteiger partial charge >= 0.3 is 5.97 Å². The predicted molar refractivity (Wildman–Crippen MR) is 89.6 cm³/mol. The molecule has 1 fully saturated rings. The molecule has 1 aliphatic rings. The lowest BCUT2D eigenvalue weighted by Crippen LogP contribution is -2.37. The van der Waals surface area contributed by atoms with E-state index >= 15 is 0 Å². The van der Waals surface area contributed by atoms with E-state index in [0.29, 0.717) is 5.56 Å². The summed E-state index contributed by atoms with van der Waals surface area (Å²) in [5.41, 5.74) is 2.25. The minimum absolute atomic E-state index is 0.206. The first kappa shape index (κ1) is 16.1. The largest absolute Gasteiger partial charge is 0.508 e. The monoisotopic (exact) mass is 325 g/mol. The van der Waals surface area contributed by atoms with Crippen LogP contribution in [0.3, 0.4) is 0 Å². The Morgan fingerprint density at radius 1 is 1.04 bits per heavy atom. The number of carbonyl (C=O) groups excluding carboxylic acids is 2. The molecule has 2 aromatic carbocycles. The Bertz CT molecular complexity index is 733. The molecule has 0 aromatic heterocycles. The Morgan fingerprint density at radius 2 is 1.58 bits per heavy atom. The molecule has 0 radical (unpaired) electrons. The molecule has 2 aromatic rings. The fraction of sp³-hybridized carbons (Fsp3) is 0.263. The molecule has 0 spiro atoms. The van der Waals surface area contributed by atoms with E-state index in [-0.39, 0.29) is 17.7 Å². The lowest BCUT2D eigenvalue weighted by molar-refractivity contribution is -0.129. The van der Waals surface area contributed by atoms with Crippen molar-refractivity contribution in [2.75, 3.05) is 0 Å². The summed E-state index contributed by atoms with van der Waals surface area (Å²) >= 11 is 0. The first-order valence-electron chi connectivity index (χ1n) is 7.94. The second-order valence-corrected chi connectivity index (χ2v) is 5.95. The van der Waals surface area contributed by atoms with Crippen LogP contribution in [0.15, 0.2) is 48.5 Å². The van der Waals surface area contributed by atoms with Crippen molar-refractivity contribution in [1.82, 2.24) is 5.32 Å². The number of esters is 1. The van der Waals surface area contributed by atoms with Crippen molar-refractivity contribution in [3.8, 4) is 16.9 Å². The highest BCUT2D eigenvalue weighted by Crippen LogP contribution is 2.22. The highest BCUT2D eigenvalue weighted by Gasteiger charge is 2.27. The van der Waals surface area contributed by atoms with Crippen LogP contribution in [0.1, 0.15) is 30.1 Å². The van der Waals surface area contributed by atoms with Crippen LogP contribution in [0, 0.1) is 0 Å². The molecule has 0 aliphatic heterocycles. The van der Waals surface area contributed by atoms with Crippen LogP contribution in [-0.4, -0.2) is 29.1 Å². The molecule has 124 valence electrons. The van der Waals surface area contributed by atoms with Gasteiger partial charge in [0.15, 0.2) is 6.10 Å². The Labute approximate surface area is 140 Å². The first-order chi connectivity index (χ1) is 11.5. The van der Waals surface area contributed by atoms with Gasteiger partial charge in [-0.1, -0.05) is 24.3 Å². The molecule has 3 rings (SSSR count). The van der Waals surface area contributed by atoms with Gasteiger partial charge in [0, 0.05) is 6.04 Å². The normalized spacial score (nSPS) is 14.7. The van der Waals surface area contributed by atoms with E-state index in [1.54, 1.807) is 55.5 Å². The third-order valence-corrected chi connectivity index (χ3v) is 3.90. The number of nitrogens with one attached hydrogen (secondary N) is 1. The van der Waals surface area contributed by atoms with Gasteiger partial charge in [0.05, 0.1) is 5.56 Å². The molecule has 0 unspecified atom stereocenters. The highest BCUT2D eigenvalue weighted by molar-refractivity contribution is 5.92. The van der Waals surface area contributed by atoms with Gasteiger partial charge in [0.25, 0.3) is 5.91 Å². The lowest BCUT2D eigenvalue weighted by atomic mass is 10.0. The van der Waals surface area contributed by atoms with Crippen LogP contribution in [0.5, 0.6) is 5.75 Å². The topological polar surface area (TPSA) is 75.6 Å². The van der Waals surface area contributed by atoms with Crippen LogP contribution < -0.4 is 5.32 Å². The maximum absolute atomic E-state index is 12.1. The number of hydrogen-bond acceptors (Lipinski definition) is 4. The SMILES string of the molecule is C[C@H](OC(=O)c1ccc(-c2ccc(O)cc2)cc1)C(=O)NC1CC1. The zero-order chi connectivity index (χ0) is 17.1. The Balaban J connectivity index is 1.62. The van der Waals surface area contributed by atoms with E-state index in [0.717, 1.165) is 24.0 Å². The Hall–Kier alpha value is -2.82. The minimum Gasteiger partial charge on any atom is -0.508 e. The molecule has 24 heavy (non-hydrogen) atoms. The standard InChI is InChI=1S/C19H19NO4/c1-12(18(22)20-16-8-9-16)24-19(23)15-4-2-13(3-5-15)14-6-10-17(21)11-7-14/h2-7,10-12,16,21H,8-9H2,1H3,(H,20,22)/t12-/m0/s1. The van der Waals surface area contributed by atoms with E-state index in [4.69, 9.17) is 4.74 Å². The van der Waals surface area contributed by atoms with Gasteiger partial charge < -0.3 is 15.2 Å². The molecule has 1 saturated carbocycles. The average molecular weight is 325 g/mol. The molecule has 1 amide bonds. The highest BCUT2D eigenvalue weighted by atomic mass is 16.5. The van der Waals surface area contributed by atoms with Gasteiger partial charge in [-0.3, -0.25) is 4.79 Å². The van der Waals surface area contributed by atoms with Crippen LogP contribution >= 0.6 is 0 Å². The van der Waals surface area contributed by atoms with Crippen LogP contribution in [0.2, 0.25) is 0 Å². The first-order valence-corrected chi connectivity index (χ1v) is 7.94. The summed E-state index contributed by atoms with van der Waals surface area (Å²) in [6.45, 7) is 1.57. The van der Waals surface area contributed by atoms with E-state index in [1.165, 1.54) is 0 Å².